The minimum Gasteiger partial charge on any atom is -0.483 e. The summed E-state index contributed by atoms with van der Waals surface area (Å²) < 4.78 is 5.80. The van der Waals surface area contributed by atoms with Gasteiger partial charge >= 0.3 is 0 Å². The standard InChI is InChI=1S/C24H30Cl2N2O3/c1-6-17(4)27-24(30)18(5)28(13-19-9-10-20(25)21(26)12-19)23(29)14-31-22-11-15(2)7-8-16(22)3/h7-12,17-18H,6,13-14H2,1-5H3,(H,27,30)/t17-,18-/m0/s1. The fraction of sp³-hybridized carbons (Fsp3) is 0.417. The van der Waals surface area contributed by atoms with E-state index in [0.29, 0.717) is 15.8 Å². The molecule has 0 heterocycles. The highest BCUT2D eigenvalue weighted by molar-refractivity contribution is 6.42. The molecule has 2 aromatic rings. The van der Waals surface area contributed by atoms with E-state index in [2.05, 4.69) is 5.32 Å². The summed E-state index contributed by atoms with van der Waals surface area (Å²) >= 11 is 12.2. The lowest BCUT2D eigenvalue weighted by Gasteiger charge is -2.29. The van der Waals surface area contributed by atoms with Crippen LogP contribution in [0.2, 0.25) is 10.0 Å². The molecular weight excluding hydrogens is 435 g/mol. The van der Waals surface area contributed by atoms with Gasteiger partial charge in [-0.15, -0.1) is 0 Å². The summed E-state index contributed by atoms with van der Waals surface area (Å²) in [6.45, 7) is 9.56. The Balaban J connectivity index is 2.22. The molecule has 0 unspecified atom stereocenters. The number of hydrogen-bond acceptors (Lipinski definition) is 3. The molecular formula is C24H30Cl2N2O3. The highest BCUT2D eigenvalue weighted by Crippen LogP contribution is 2.24. The smallest absolute Gasteiger partial charge is 0.261 e. The zero-order chi connectivity index (χ0) is 23.1. The second-order valence-corrected chi connectivity index (χ2v) is 8.64. The Kier molecular flexibility index (Phi) is 9.20. The van der Waals surface area contributed by atoms with Gasteiger partial charge in [0.1, 0.15) is 11.8 Å². The molecule has 0 saturated carbocycles. The van der Waals surface area contributed by atoms with Crippen LogP contribution in [0.4, 0.5) is 0 Å². The van der Waals surface area contributed by atoms with Crippen molar-refractivity contribution in [2.24, 2.45) is 0 Å². The Morgan fingerprint density at radius 1 is 1.06 bits per heavy atom. The van der Waals surface area contributed by atoms with Crippen LogP contribution in [0.3, 0.4) is 0 Å². The molecule has 1 N–H and O–H groups in total. The van der Waals surface area contributed by atoms with Crippen molar-refractivity contribution < 1.29 is 14.3 Å². The first-order valence-electron chi connectivity index (χ1n) is 10.4. The number of halogens is 2. The number of hydrogen-bond donors (Lipinski definition) is 1. The van der Waals surface area contributed by atoms with E-state index in [1.807, 2.05) is 45.9 Å². The van der Waals surface area contributed by atoms with E-state index < -0.39 is 6.04 Å². The number of nitrogens with zero attached hydrogens (tertiary/aromatic N) is 1. The number of benzene rings is 2. The maximum absolute atomic E-state index is 13.1. The minimum atomic E-state index is -0.682. The van der Waals surface area contributed by atoms with Gasteiger partial charge in [0, 0.05) is 12.6 Å². The van der Waals surface area contributed by atoms with Crippen LogP contribution in [0.5, 0.6) is 5.75 Å². The molecule has 0 bridgehead atoms. The van der Waals surface area contributed by atoms with Gasteiger partial charge in [0.25, 0.3) is 5.91 Å². The first kappa shape index (κ1) is 25.0. The van der Waals surface area contributed by atoms with Gasteiger partial charge in [-0.25, -0.2) is 0 Å². The van der Waals surface area contributed by atoms with Crippen molar-refractivity contribution in [3.8, 4) is 5.75 Å². The van der Waals surface area contributed by atoms with Gasteiger partial charge in [-0.3, -0.25) is 9.59 Å². The largest absolute Gasteiger partial charge is 0.483 e. The fourth-order valence-electron chi connectivity index (χ4n) is 2.97. The summed E-state index contributed by atoms with van der Waals surface area (Å²) in [7, 11) is 0. The number of aryl methyl sites for hydroxylation is 2. The number of ether oxygens (including phenoxy) is 1. The molecule has 0 aromatic heterocycles. The third-order valence-electron chi connectivity index (χ3n) is 5.20. The molecule has 0 radical (unpaired) electrons. The topological polar surface area (TPSA) is 58.6 Å². The summed E-state index contributed by atoms with van der Waals surface area (Å²) in [6, 6.07) is 10.3. The van der Waals surface area contributed by atoms with Gasteiger partial charge in [-0.1, -0.05) is 48.3 Å². The Labute approximate surface area is 194 Å². The molecule has 0 fully saturated rings. The van der Waals surface area contributed by atoms with Crippen molar-refractivity contribution in [3.63, 3.8) is 0 Å². The predicted octanol–water partition coefficient (Wildman–Crippen LogP) is 5.32. The third kappa shape index (κ3) is 7.15. The van der Waals surface area contributed by atoms with Gasteiger partial charge < -0.3 is 15.0 Å². The van der Waals surface area contributed by atoms with Crippen molar-refractivity contribution in [3.05, 3.63) is 63.1 Å². The van der Waals surface area contributed by atoms with Crippen LogP contribution in [0.1, 0.15) is 43.9 Å². The molecule has 168 valence electrons. The lowest BCUT2D eigenvalue weighted by Crippen LogP contribution is -2.50. The molecule has 0 saturated heterocycles. The fourth-order valence-corrected chi connectivity index (χ4v) is 3.29. The average Bonchev–Trinajstić information content (AvgIpc) is 2.74. The van der Waals surface area contributed by atoms with Crippen molar-refractivity contribution in [2.45, 2.75) is 59.7 Å². The second-order valence-electron chi connectivity index (χ2n) is 7.82. The number of carbonyl (C=O) groups excluding carboxylic acids is 2. The Bertz CT molecular complexity index is 933. The van der Waals surface area contributed by atoms with Crippen LogP contribution >= 0.6 is 23.2 Å². The Morgan fingerprint density at radius 2 is 1.77 bits per heavy atom. The van der Waals surface area contributed by atoms with E-state index in [1.54, 1.807) is 25.1 Å². The molecule has 0 aliphatic carbocycles. The first-order chi connectivity index (χ1) is 14.6. The van der Waals surface area contributed by atoms with Gasteiger partial charge in [-0.05, 0) is 69.0 Å². The van der Waals surface area contributed by atoms with E-state index >= 15 is 0 Å². The van der Waals surface area contributed by atoms with Crippen LogP contribution in [0, 0.1) is 13.8 Å². The van der Waals surface area contributed by atoms with E-state index in [9.17, 15) is 9.59 Å². The molecule has 0 aliphatic rings. The highest BCUT2D eigenvalue weighted by Gasteiger charge is 2.27. The summed E-state index contributed by atoms with van der Waals surface area (Å²) in [4.78, 5) is 27.4. The second kappa shape index (κ2) is 11.4. The van der Waals surface area contributed by atoms with Crippen molar-refractivity contribution in [2.75, 3.05) is 6.61 Å². The molecule has 2 aromatic carbocycles. The quantitative estimate of drug-likeness (QED) is 0.545. The predicted molar refractivity (Wildman–Crippen MR) is 126 cm³/mol. The van der Waals surface area contributed by atoms with Crippen LogP contribution in [-0.2, 0) is 16.1 Å². The molecule has 5 nitrogen and oxygen atoms in total. The molecule has 2 rings (SSSR count). The number of carbonyl (C=O) groups is 2. The van der Waals surface area contributed by atoms with Crippen molar-refractivity contribution >= 4 is 35.0 Å². The summed E-state index contributed by atoms with van der Waals surface area (Å²) in [6.07, 6.45) is 0.801. The number of amides is 2. The zero-order valence-corrected chi connectivity index (χ0v) is 20.2. The molecule has 2 amide bonds. The lowest BCUT2D eigenvalue weighted by molar-refractivity contribution is -0.142. The van der Waals surface area contributed by atoms with Crippen molar-refractivity contribution in [1.29, 1.82) is 0 Å². The molecule has 7 heteroatoms. The normalized spacial score (nSPS) is 12.7. The van der Waals surface area contributed by atoms with E-state index in [1.165, 1.54) is 4.90 Å². The lowest BCUT2D eigenvalue weighted by atomic mass is 10.1. The zero-order valence-electron chi connectivity index (χ0n) is 18.7. The highest BCUT2D eigenvalue weighted by atomic mass is 35.5. The van der Waals surface area contributed by atoms with Crippen LogP contribution in [0.25, 0.3) is 0 Å². The van der Waals surface area contributed by atoms with Crippen molar-refractivity contribution in [1.82, 2.24) is 10.2 Å². The summed E-state index contributed by atoms with van der Waals surface area (Å²) in [5.41, 5.74) is 2.76. The summed E-state index contributed by atoms with van der Waals surface area (Å²) in [5.74, 6) is 0.146. The van der Waals surface area contributed by atoms with Gasteiger partial charge in [0.05, 0.1) is 10.0 Å². The Morgan fingerprint density at radius 3 is 2.42 bits per heavy atom. The first-order valence-corrected chi connectivity index (χ1v) is 11.1. The van der Waals surface area contributed by atoms with E-state index in [0.717, 1.165) is 23.1 Å². The number of rotatable bonds is 9. The third-order valence-corrected chi connectivity index (χ3v) is 5.94. The molecule has 31 heavy (non-hydrogen) atoms. The molecule has 2 atom stereocenters. The monoisotopic (exact) mass is 464 g/mol. The van der Waals surface area contributed by atoms with Crippen LogP contribution in [0.15, 0.2) is 36.4 Å². The average molecular weight is 465 g/mol. The minimum absolute atomic E-state index is 0.0167. The molecule has 0 aliphatic heterocycles. The van der Waals surface area contributed by atoms with E-state index in [-0.39, 0.29) is 31.0 Å². The van der Waals surface area contributed by atoms with Gasteiger partial charge in [0.15, 0.2) is 6.61 Å². The van der Waals surface area contributed by atoms with Crippen LogP contribution < -0.4 is 10.1 Å². The maximum Gasteiger partial charge on any atom is 0.261 e. The summed E-state index contributed by atoms with van der Waals surface area (Å²) in [5, 5.41) is 3.77. The number of nitrogens with one attached hydrogen (secondary N) is 1. The maximum atomic E-state index is 13.1. The van der Waals surface area contributed by atoms with Gasteiger partial charge in [-0.2, -0.15) is 0 Å². The van der Waals surface area contributed by atoms with E-state index in [4.69, 9.17) is 27.9 Å². The Hall–Kier alpha value is -2.24. The SMILES string of the molecule is CC[C@H](C)NC(=O)[C@H](C)N(Cc1ccc(Cl)c(Cl)c1)C(=O)COc1cc(C)ccc1C. The van der Waals surface area contributed by atoms with Crippen LogP contribution in [-0.4, -0.2) is 35.4 Å². The molecule has 0 spiro atoms. The van der Waals surface area contributed by atoms with Gasteiger partial charge in [0.2, 0.25) is 5.91 Å².